The lowest BCUT2D eigenvalue weighted by Gasteiger charge is -2.31. The van der Waals surface area contributed by atoms with Gasteiger partial charge in [0.2, 0.25) is 5.91 Å². The van der Waals surface area contributed by atoms with Crippen LogP contribution < -0.4 is 10.5 Å². The van der Waals surface area contributed by atoms with Crippen LogP contribution in [-0.4, -0.2) is 30.5 Å². The first-order valence-corrected chi connectivity index (χ1v) is 9.97. The highest BCUT2D eigenvalue weighted by Crippen LogP contribution is 2.26. The van der Waals surface area contributed by atoms with E-state index in [-0.39, 0.29) is 42.6 Å². The number of hydrogen-bond acceptors (Lipinski definition) is 3. The fourth-order valence-electron chi connectivity index (χ4n) is 3.87. The van der Waals surface area contributed by atoms with Gasteiger partial charge in [-0.25, -0.2) is 4.39 Å². The summed E-state index contributed by atoms with van der Waals surface area (Å²) in [4.78, 5) is 15.0. The number of ether oxygens (including phenoxy) is 1. The molecule has 1 saturated carbocycles. The summed E-state index contributed by atoms with van der Waals surface area (Å²) in [5.41, 5.74) is 7.75. The van der Waals surface area contributed by atoms with Crippen LogP contribution in [0, 0.1) is 11.7 Å². The first kappa shape index (κ1) is 23.2. The average Bonchev–Trinajstić information content (AvgIpc) is 2.72. The maximum Gasteiger partial charge on any atom is 0.226 e. The highest BCUT2D eigenvalue weighted by molar-refractivity contribution is 5.85. The van der Waals surface area contributed by atoms with Crippen molar-refractivity contribution >= 4 is 18.3 Å². The molecule has 0 unspecified atom stereocenters. The molecule has 0 bridgehead atoms. The van der Waals surface area contributed by atoms with Gasteiger partial charge in [0.15, 0.2) is 0 Å². The highest BCUT2D eigenvalue weighted by Gasteiger charge is 2.29. The summed E-state index contributed by atoms with van der Waals surface area (Å²) >= 11 is 0. The number of nitrogens with two attached hydrogens (primary N) is 1. The van der Waals surface area contributed by atoms with Crippen molar-refractivity contribution in [1.82, 2.24) is 4.90 Å². The van der Waals surface area contributed by atoms with Crippen molar-refractivity contribution in [2.45, 2.75) is 44.7 Å². The molecule has 1 fully saturated rings. The second-order valence-corrected chi connectivity index (χ2v) is 7.57. The smallest absolute Gasteiger partial charge is 0.226 e. The van der Waals surface area contributed by atoms with Crippen LogP contribution in [0.3, 0.4) is 0 Å². The summed E-state index contributed by atoms with van der Waals surface area (Å²) in [6, 6.07) is 14.6. The minimum absolute atomic E-state index is 0. The molecule has 2 aromatic rings. The van der Waals surface area contributed by atoms with E-state index in [0.717, 1.165) is 37.0 Å². The number of halogens is 2. The number of hydrogen-bond donors (Lipinski definition) is 1. The molecule has 1 aliphatic carbocycles. The van der Waals surface area contributed by atoms with Crippen molar-refractivity contribution in [2.75, 3.05) is 13.7 Å². The molecule has 158 valence electrons. The van der Waals surface area contributed by atoms with Gasteiger partial charge in [0, 0.05) is 30.6 Å². The largest absolute Gasteiger partial charge is 0.497 e. The standard InChI is InChI=1S/C23H29FN2O2.ClH/c1-28-21-11-9-17(10-12-21)13-14-26(16-19-5-2-3-8-22(19)24)23(27)18-6-4-7-20(25)15-18;/h2-3,5,8-12,18,20H,4,6-7,13-16,25H2,1H3;1H/t18-,20+;/m1./s1. The fraction of sp³-hybridized carbons (Fsp3) is 0.435. The molecule has 2 N–H and O–H groups in total. The van der Waals surface area contributed by atoms with Gasteiger partial charge in [0.05, 0.1) is 7.11 Å². The molecule has 29 heavy (non-hydrogen) atoms. The fourth-order valence-corrected chi connectivity index (χ4v) is 3.87. The van der Waals surface area contributed by atoms with Crippen LogP contribution in [0.1, 0.15) is 36.8 Å². The van der Waals surface area contributed by atoms with Crippen molar-refractivity contribution < 1.29 is 13.9 Å². The lowest BCUT2D eigenvalue weighted by Crippen LogP contribution is -2.41. The minimum atomic E-state index is -0.273. The Kier molecular flexibility index (Phi) is 8.93. The van der Waals surface area contributed by atoms with Gasteiger partial charge >= 0.3 is 0 Å². The molecule has 0 aliphatic heterocycles. The molecule has 1 amide bonds. The molecule has 0 saturated heterocycles. The number of benzene rings is 2. The number of carbonyl (C=O) groups excluding carboxylic acids is 1. The maximum absolute atomic E-state index is 14.2. The molecule has 0 aromatic heterocycles. The average molecular weight is 421 g/mol. The van der Waals surface area contributed by atoms with E-state index in [2.05, 4.69) is 0 Å². The Balaban J connectivity index is 0.00000300. The van der Waals surface area contributed by atoms with Crippen molar-refractivity contribution in [3.8, 4) is 5.75 Å². The summed E-state index contributed by atoms with van der Waals surface area (Å²) in [5, 5.41) is 0. The number of carbonyl (C=O) groups is 1. The summed E-state index contributed by atoms with van der Waals surface area (Å²) in [6.45, 7) is 0.832. The Morgan fingerprint density at radius 2 is 1.90 bits per heavy atom. The molecule has 6 heteroatoms. The Labute approximate surface area is 178 Å². The van der Waals surface area contributed by atoms with Crippen molar-refractivity contribution in [3.05, 3.63) is 65.5 Å². The number of nitrogens with zero attached hydrogens (tertiary/aromatic N) is 1. The van der Waals surface area contributed by atoms with E-state index in [1.165, 1.54) is 6.07 Å². The lowest BCUT2D eigenvalue weighted by atomic mass is 9.85. The quantitative estimate of drug-likeness (QED) is 0.724. The van der Waals surface area contributed by atoms with E-state index in [1.54, 1.807) is 30.2 Å². The third-order valence-corrected chi connectivity index (χ3v) is 5.52. The molecular weight excluding hydrogens is 391 g/mol. The third kappa shape index (κ3) is 6.44. The van der Waals surface area contributed by atoms with E-state index in [0.29, 0.717) is 18.5 Å². The van der Waals surface area contributed by atoms with Gasteiger partial charge in [-0.1, -0.05) is 36.8 Å². The summed E-state index contributed by atoms with van der Waals surface area (Å²) in [7, 11) is 1.64. The van der Waals surface area contributed by atoms with Crippen molar-refractivity contribution in [3.63, 3.8) is 0 Å². The molecule has 0 heterocycles. The first-order chi connectivity index (χ1) is 13.6. The Morgan fingerprint density at radius 1 is 1.17 bits per heavy atom. The highest BCUT2D eigenvalue weighted by atomic mass is 35.5. The van der Waals surface area contributed by atoms with Crippen LogP contribution >= 0.6 is 12.4 Å². The topological polar surface area (TPSA) is 55.6 Å². The van der Waals surface area contributed by atoms with Gasteiger partial charge in [-0.3, -0.25) is 4.79 Å². The summed E-state index contributed by atoms with van der Waals surface area (Å²) in [5.74, 6) is 0.558. The van der Waals surface area contributed by atoms with Gasteiger partial charge in [0.1, 0.15) is 11.6 Å². The maximum atomic E-state index is 14.2. The molecule has 4 nitrogen and oxygen atoms in total. The zero-order chi connectivity index (χ0) is 19.9. The lowest BCUT2D eigenvalue weighted by molar-refractivity contribution is -0.137. The second-order valence-electron chi connectivity index (χ2n) is 7.57. The van der Waals surface area contributed by atoms with E-state index in [1.807, 2.05) is 24.3 Å². The number of amides is 1. The predicted octanol–water partition coefficient (Wildman–Crippen LogP) is 4.34. The van der Waals surface area contributed by atoms with Gasteiger partial charge in [0.25, 0.3) is 0 Å². The van der Waals surface area contributed by atoms with E-state index < -0.39 is 0 Å². The van der Waals surface area contributed by atoms with E-state index in [4.69, 9.17) is 10.5 Å². The Hall–Kier alpha value is -2.11. The van der Waals surface area contributed by atoms with E-state index >= 15 is 0 Å². The normalized spacial score (nSPS) is 18.6. The van der Waals surface area contributed by atoms with Gasteiger partial charge < -0.3 is 15.4 Å². The van der Waals surface area contributed by atoms with Gasteiger partial charge in [-0.15, -0.1) is 12.4 Å². The van der Waals surface area contributed by atoms with Crippen LogP contribution in [0.15, 0.2) is 48.5 Å². The van der Waals surface area contributed by atoms with Crippen molar-refractivity contribution in [1.29, 1.82) is 0 Å². The number of rotatable bonds is 7. The zero-order valence-electron chi connectivity index (χ0n) is 16.9. The summed E-state index contributed by atoms with van der Waals surface area (Å²) < 4.78 is 19.4. The summed E-state index contributed by atoms with van der Waals surface area (Å²) in [6.07, 6.45) is 4.24. The van der Waals surface area contributed by atoms with Crippen molar-refractivity contribution in [2.24, 2.45) is 11.7 Å². The SMILES string of the molecule is COc1ccc(CCN(Cc2ccccc2F)C(=O)[C@@H]2CCC[C@H](N)C2)cc1.Cl. The Morgan fingerprint density at radius 3 is 2.55 bits per heavy atom. The molecule has 1 aliphatic rings. The van der Waals surface area contributed by atoms with Crippen LogP contribution in [0.25, 0.3) is 0 Å². The van der Waals surface area contributed by atoms with Crippen LogP contribution in [0.2, 0.25) is 0 Å². The molecule has 2 atom stereocenters. The zero-order valence-corrected chi connectivity index (χ0v) is 17.7. The third-order valence-electron chi connectivity index (χ3n) is 5.52. The minimum Gasteiger partial charge on any atom is -0.497 e. The second kappa shape index (κ2) is 11.2. The van der Waals surface area contributed by atoms with Gasteiger partial charge in [-0.2, -0.15) is 0 Å². The van der Waals surface area contributed by atoms with E-state index in [9.17, 15) is 9.18 Å². The number of methoxy groups -OCH3 is 1. The van der Waals surface area contributed by atoms with Crippen LogP contribution in [0.4, 0.5) is 4.39 Å². The Bertz CT molecular complexity index is 785. The monoisotopic (exact) mass is 420 g/mol. The molecular formula is C23H30ClFN2O2. The van der Waals surface area contributed by atoms with Crippen LogP contribution in [-0.2, 0) is 17.8 Å². The molecule has 0 radical (unpaired) electrons. The van der Waals surface area contributed by atoms with Crippen LogP contribution in [0.5, 0.6) is 5.75 Å². The molecule has 3 rings (SSSR count). The van der Waals surface area contributed by atoms with Gasteiger partial charge in [-0.05, 0) is 49.4 Å². The predicted molar refractivity (Wildman–Crippen MR) is 116 cm³/mol. The molecule has 0 spiro atoms. The first-order valence-electron chi connectivity index (χ1n) is 9.97. The molecule has 2 aromatic carbocycles.